The van der Waals surface area contributed by atoms with Gasteiger partial charge in [-0.1, -0.05) is 19.1 Å². The van der Waals surface area contributed by atoms with Crippen LogP contribution in [0.2, 0.25) is 0 Å². The van der Waals surface area contributed by atoms with E-state index in [1.54, 1.807) is 25.1 Å². The highest BCUT2D eigenvalue weighted by Crippen LogP contribution is 2.21. The van der Waals surface area contributed by atoms with Crippen LogP contribution in [0.3, 0.4) is 0 Å². The third-order valence-corrected chi connectivity index (χ3v) is 3.48. The number of rotatable bonds is 8. The van der Waals surface area contributed by atoms with Crippen molar-refractivity contribution in [2.24, 2.45) is 0 Å². The largest absolute Gasteiger partial charge is 0.468 e. The van der Waals surface area contributed by atoms with Gasteiger partial charge in [-0.05, 0) is 38.9 Å². The van der Waals surface area contributed by atoms with Gasteiger partial charge < -0.3 is 15.0 Å². The number of ether oxygens (including phenoxy) is 1. The van der Waals surface area contributed by atoms with E-state index in [9.17, 15) is 9.18 Å². The molecule has 1 rings (SSSR count). The first kappa shape index (κ1) is 17.4. The van der Waals surface area contributed by atoms with Gasteiger partial charge in [-0.3, -0.25) is 0 Å². The van der Waals surface area contributed by atoms with E-state index < -0.39 is 5.54 Å². The molecule has 1 unspecified atom stereocenters. The fourth-order valence-electron chi connectivity index (χ4n) is 2.28. The number of likely N-dealkylation sites (N-methyl/N-ethyl adjacent to an activating group) is 1. The third kappa shape index (κ3) is 4.43. The number of hydrogen-bond donors (Lipinski definition) is 1. The molecule has 0 aliphatic carbocycles. The minimum Gasteiger partial charge on any atom is -0.468 e. The van der Waals surface area contributed by atoms with E-state index in [1.165, 1.54) is 13.2 Å². The minimum atomic E-state index is -0.872. The van der Waals surface area contributed by atoms with Gasteiger partial charge in [-0.2, -0.15) is 0 Å². The molecule has 118 valence electrons. The molecular formula is C16H25FN2O2. The van der Waals surface area contributed by atoms with E-state index in [4.69, 9.17) is 4.74 Å². The number of nitrogens with one attached hydrogen (secondary N) is 1. The summed E-state index contributed by atoms with van der Waals surface area (Å²) in [5.41, 5.74) is -0.378. The molecule has 4 nitrogen and oxygen atoms in total. The van der Waals surface area contributed by atoms with Crippen LogP contribution in [0.1, 0.15) is 27.2 Å². The predicted octanol–water partition coefficient (Wildman–Crippen LogP) is 2.58. The summed E-state index contributed by atoms with van der Waals surface area (Å²) in [6.45, 7) is 7.39. The van der Waals surface area contributed by atoms with Crippen molar-refractivity contribution in [3.63, 3.8) is 0 Å². The fourth-order valence-corrected chi connectivity index (χ4v) is 2.28. The van der Waals surface area contributed by atoms with Crippen LogP contribution in [0.5, 0.6) is 0 Å². The maximum Gasteiger partial charge on any atom is 0.327 e. The molecule has 1 aromatic rings. The second-order valence-electron chi connectivity index (χ2n) is 5.22. The van der Waals surface area contributed by atoms with Crippen molar-refractivity contribution in [2.75, 3.05) is 31.6 Å². The van der Waals surface area contributed by atoms with Crippen molar-refractivity contribution in [1.29, 1.82) is 0 Å². The number of methoxy groups -OCH3 is 1. The van der Waals surface area contributed by atoms with Crippen molar-refractivity contribution in [3.8, 4) is 0 Å². The van der Waals surface area contributed by atoms with Crippen molar-refractivity contribution >= 4 is 11.7 Å². The van der Waals surface area contributed by atoms with Crippen LogP contribution in [0.4, 0.5) is 10.1 Å². The number of benzene rings is 1. The molecule has 1 aromatic carbocycles. The van der Waals surface area contributed by atoms with Gasteiger partial charge in [0.05, 0.1) is 12.8 Å². The monoisotopic (exact) mass is 296 g/mol. The van der Waals surface area contributed by atoms with E-state index in [-0.39, 0.29) is 11.8 Å². The van der Waals surface area contributed by atoms with E-state index >= 15 is 0 Å². The van der Waals surface area contributed by atoms with E-state index in [0.29, 0.717) is 25.3 Å². The van der Waals surface area contributed by atoms with Crippen molar-refractivity contribution in [1.82, 2.24) is 5.32 Å². The normalized spacial score (nSPS) is 13.6. The lowest BCUT2D eigenvalue weighted by Crippen LogP contribution is -2.57. The lowest BCUT2D eigenvalue weighted by atomic mass is 10.0. The maximum atomic E-state index is 14.0. The summed E-state index contributed by atoms with van der Waals surface area (Å²) in [6.07, 6.45) is 0.901. The van der Waals surface area contributed by atoms with Crippen molar-refractivity contribution in [2.45, 2.75) is 32.7 Å². The summed E-state index contributed by atoms with van der Waals surface area (Å²) in [5.74, 6) is -0.632. The van der Waals surface area contributed by atoms with Crippen molar-refractivity contribution < 1.29 is 13.9 Å². The Kier molecular flexibility index (Phi) is 6.62. The zero-order valence-corrected chi connectivity index (χ0v) is 13.3. The average molecular weight is 296 g/mol. The van der Waals surface area contributed by atoms with E-state index in [1.807, 2.05) is 18.7 Å². The summed E-state index contributed by atoms with van der Waals surface area (Å²) in [4.78, 5) is 13.9. The Labute approximate surface area is 126 Å². The van der Waals surface area contributed by atoms with Gasteiger partial charge in [-0.15, -0.1) is 0 Å². The number of carbonyl (C=O) groups excluding carboxylic acids is 1. The summed E-state index contributed by atoms with van der Waals surface area (Å²) < 4.78 is 18.9. The lowest BCUT2D eigenvalue weighted by Gasteiger charge is -2.35. The maximum absolute atomic E-state index is 14.0. The van der Waals surface area contributed by atoms with Crippen LogP contribution in [-0.4, -0.2) is 38.3 Å². The third-order valence-electron chi connectivity index (χ3n) is 3.48. The quantitative estimate of drug-likeness (QED) is 0.749. The molecule has 0 aliphatic rings. The number of para-hydroxylation sites is 1. The van der Waals surface area contributed by atoms with Crippen LogP contribution in [-0.2, 0) is 9.53 Å². The van der Waals surface area contributed by atoms with Gasteiger partial charge in [0, 0.05) is 13.1 Å². The topological polar surface area (TPSA) is 41.6 Å². The molecule has 0 amide bonds. The first-order valence-electron chi connectivity index (χ1n) is 7.31. The molecule has 5 heteroatoms. The molecule has 0 aliphatic heterocycles. The molecule has 0 saturated heterocycles. The molecule has 0 spiro atoms. The number of anilines is 1. The minimum absolute atomic E-state index is 0.290. The second-order valence-corrected chi connectivity index (χ2v) is 5.22. The highest BCUT2D eigenvalue weighted by molar-refractivity contribution is 5.81. The number of nitrogens with zero attached hydrogens (tertiary/aromatic N) is 1. The Morgan fingerprint density at radius 1 is 1.38 bits per heavy atom. The van der Waals surface area contributed by atoms with Gasteiger partial charge in [0.15, 0.2) is 0 Å². The predicted molar refractivity (Wildman–Crippen MR) is 83.0 cm³/mol. The molecule has 0 heterocycles. The number of hydrogen-bond acceptors (Lipinski definition) is 4. The Morgan fingerprint density at radius 2 is 2.05 bits per heavy atom. The highest BCUT2D eigenvalue weighted by atomic mass is 19.1. The molecule has 1 atom stereocenters. The van der Waals surface area contributed by atoms with E-state index in [0.717, 1.165) is 6.42 Å². The van der Waals surface area contributed by atoms with E-state index in [2.05, 4.69) is 5.32 Å². The van der Waals surface area contributed by atoms with Crippen LogP contribution < -0.4 is 10.2 Å². The molecular weight excluding hydrogens is 271 g/mol. The van der Waals surface area contributed by atoms with Crippen LogP contribution in [0, 0.1) is 5.82 Å². The molecule has 0 saturated carbocycles. The number of esters is 1. The SMILES string of the molecule is CCCNC(C)(CN(CC)c1ccccc1F)C(=O)OC. The standard InChI is InChI=1S/C16H25FN2O2/c1-5-11-18-16(3,15(20)21-4)12-19(6-2)14-10-8-7-9-13(14)17/h7-10,18H,5-6,11-12H2,1-4H3. The zero-order chi connectivity index (χ0) is 15.9. The second kappa shape index (κ2) is 7.98. The van der Waals surface area contributed by atoms with Crippen LogP contribution >= 0.6 is 0 Å². The Balaban J connectivity index is 2.99. The van der Waals surface area contributed by atoms with Gasteiger partial charge >= 0.3 is 5.97 Å². The summed E-state index contributed by atoms with van der Waals surface area (Å²) in [5, 5.41) is 3.21. The molecule has 0 radical (unpaired) electrons. The number of carbonyl (C=O) groups is 1. The Morgan fingerprint density at radius 3 is 2.57 bits per heavy atom. The van der Waals surface area contributed by atoms with Crippen LogP contribution in [0.25, 0.3) is 0 Å². The smallest absolute Gasteiger partial charge is 0.327 e. The number of halogens is 1. The molecule has 0 bridgehead atoms. The summed E-state index contributed by atoms with van der Waals surface area (Å²) in [7, 11) is 1.37. The van der Waals surface area contributed by atoms with Gasteiger partial charge in [-0.25, -0.2) is 9.18 Å². The first-order chi connectivity index (χ1) is 9.98. The zero-order valence-electron chi connectivity index (χ0n) is 13.3. The average Bonchev–Trinajstić information content (AvgIpc) is 2.50. The lowest BCUT2D eigenvalue weighted by molar-refractivity contribution is -0.147. The molecule has 0 fully saturated rings. The highest BCUT2D eigenvalue weighted by Gasteiger charge is 2.36. The first-order valence-corrected chi connectivity index (χ1v) is 7.31. The summed E-state index contributed by atoms with van der Waals surface area (Å²) >= 11 is 0. The fraction of sp³-hybridized carbons (Fsp3) is 0.562. The molecule has 1 N–H and O–H groups in total. The summed E-state index contributed by atoms with van der Waals surface area (Å²) in [6, 6.07) is 6.58. The molecule has 0 aromatic heterocycles. The Bertz CT molecular complexity index is 467. The van der Waals surface area contributed by atoms with Crippen molar-refractivity contribution in [3.05, 3.63) is 30.1 Å². The van der Waals surface area contributed by atoms with Crippen LogP contribution in [0.15, 0.2) is 24.3 Å². The van der Waals surface area contributed by atoms with Gasteiger partial charge in [0.2, 0.25) is 0 Å². The van der Waals surface area contributed by atoms with Gasteiger partial charge in [0.1, 0.15) is 11.4 Å². The molecule has 21 heavy (non-hydrogen) atoms. The van der Waals surface area contributed by atoms with Gasteiger partial charge in [0.25, 0.3) is 0 Å². The Hall–Kier alpha value is -1.62.